The van der Waals surface area contributed by atoms with Crippen LogP contribution < -0.4 is 10.6 Å². The van der Waals surface area contributed by atoms with E-state index in [1.165, 1.54) is 0 Å². The van der Waals surface area contributed by atoms with Gasteiger partial charge in [0.25, 0.3) is 0 Å². The lowest BCUT2D eigenvalue weighted by Crippen LogP contribution is -2.49. The Morgan fingerprint density at radius 3 is 3.00 bits per heavy atom. The molecule has 2 N–H and O–H groups in total. The number of aromatic nitrogens is 2. The molecule has 1 amide bonds. The summed E-state index contributed by atoms with van der Waals surface area (Å²) in [5.41, 5.74) is 0.757. The second-order valence-electron chi connectivity index (χ2n) is 5.48. The lowest BCUT2D eigenvalue weighted by Gasteiger charge is -2.33. The van der Waals surface area contributed by atoms with Crippen molar-refractivity contribution in [1.82, 2.24) is 20.4 Å². The Balaban J connectivity index is 1.98. The molecule has 1 saturated heterocycles. The molecule has 5 heteroatoms. The van der Waals surface area contributed by atoms with E-state index in [4.69, 9.17) is 0 Å². The molecular formula is C13H22N4O. The third kappa shape index (κ3) is 2.72. The number of aryl methyl sites for hydroxylation is 1. The summed E-state index contributed by atoms with van der Waals surface area (Å²) in [6, 6.07) is 0.00458. The molecule has 2 heterocycles. The molecule has 0 saturated carbocycles. The van der Waals surface area contributed by atoms with Crippen molar-refractivity contribution >= 4 is 5.91 Å². The van der Waals surface area contributed by atoms with Gasteiger partial charge in [0.2, 0.25) is 5.91 Å². The monoisotopic (exact) mass is 250 g/mol. The number of nitrogens with zero attached hydrogens (tertiary/aromatic N) is 2. The Kier molecular flexibility index (Phi) is 3.71. The van der Waals surface area contributed by atoms with Crippen molar-refractivity contribution in [2.24, 2.45) is 12.5 Å². The molecule has 100 valence electrons. The first kappa shape index (κ1) is 13.1. The van der Waals surface area contributed by atoms with E-state index in [-0.39, 0.29) is 17.4 Å². The SMILES string of the molecule is CC(NC(=O)C1(C)CCCNC1)c1cnn(C)c1. The number of hydrogen-bond donors (Lipinski definition) is 2. The molecule has 1 aromatic rings. The molecule has 2 unspecified atom stereocenters. The normalized spacial score (nSPS) is 25.7. The van der Waals surface area contributed by atoms with Crippen LogP contribution in [-0.2, 0) is 11.8 Å². The van der Waals surface area contributed by atoms with E-state index in [0.717, 1.165) is 31.5 Å². The van der Waals surface area contributed by atoms with E-state index in [0.29, 0.717) is 0 Å². The number of carbonyl (C=O) groups excluding carboxylic acids is 1. The van der Waals surface area contributed by atoms with Gasteiger partial charge in [-0.25, -0.2) is 0 Å². The fourth-order valence-corrected chi connectivity index (χ4v) is 2.37. The van der Waals surface area contributed by atoms with Crippen LogP contribution in [0.2, 0.25) is 0 Å². The number of piperidine rings is 1. The van der Waals surface area contributed by atoms with Crippen LogP contribution in [0.5, 0.6) is 0 Å². The largest absolute Gasteiger partial charge is 0.349 e. The van der Waals surface area contributed by atoms with Crippen molar-refractivity contribution in [2.75, 3.05) is 13.1 Å². The maximum absolute atomic E-state index is 12.3. The Labute approximate surface area is 108 Å². The number of carbonyl (C=O) groups is 1. The average molecular weight is 250 g/mol. The van der Waals surface area contributed by atoms with E-state index >= 15 is 0 Å². The maximum Gasteiger partial charge on any atom is 0.227 e. The number of hydrogen-bond acceptors (Lipinski definition) is 3. The van der Waals surface area contributed by atoms with Crippen molar-refractivity contribution < 1.29 is 4.79 Å². The average Bonchev–Trinajstić information content (AvgIpc) is 2.77. The van der Waals surface area contributed by atoms with E-state index in [1.807, 2.05) is 27.1 Å². The summed E-state index contributed by atoms with van der Waals surface area (Å²) in [6.07, 6.45) is 5.75. The van der Waals surface area contributed by atoms with Gasteiger partial charge >= 0.3 is 0 Å². The van der Waals surface area contributed by atoms with Crippen LogP contribution in [0.15, 0.2) is 12.4 Å². The molecule has 1 aliphatic heterocycles. The van der Waals surface area contributed by atoms with Gasteiger partial charge in [0, 0.05) is 25.4 Å². The quantitative estimate of drug-likeness (QED) is 0.841. The lowest BCUT2D eigenvalue weighted by atomic mass is 9.81. The van der Waals surface area contributed by atoms with Gasteiger partial charge in [-0.3, -0.25) is 9.48 Å². The van der Waals surface area contributed by atoms with Crippen molar-refractivity contribution in [3.05, 3.63) is 18.0 Å². The molecule has 2 rings (SSSR count). The summed E-state index contributed by atoms with van der Waals surface area (Å²) in [5.74, 6) is 0.131. The third-order valence-electron chi connectivity index (χ3n) is 3.72. The maximum atomic E-state index is 12.3. The molecule has 5 nitrogen and oxygen atoms in total. The third-order valence-corrected chi connectivity index (χ3v) is 3.72. The fraction of sp³-hybridized carbons (Fsp3) is 0.692. The highest BCUT2D eigenvalue weighted by atomic mass is 16.2. The first-order valence-corrected chi connectivity index (χ1v) is 6.51. The van der Waals surface area contributed by atoms with E-state index < -0.39 is 0 Å². The van der Waals surface area contributed by atoms with Crippen LogP contribution in [0.4, 0.5) is 0 Å². The van der Waals surface area contributed by atoms with Crippen molar-refractivity contribution in [3.63, 3.8) is 0 Å². The molecule has 18 heavy (non-hydrogen) atoms. The minimum Gasteiger partial charge on any atom is -0.349 e. The minimum absolute atomic E-state index is 0.00458. The Morgan fingerprint density at radius 2 is 2.44 bits per heavy atom. The van der Waals surface area contributed by atoms with E-state index in [1.54, 1.807) is 10.9 Å². The molecule has 1 aliphatic rings. The summed E-state index contributed by atoms with van der Waals surface area (Å²) >= 11 is 0. The van der Waals surface area contributed by atoms with Crippen molar-refractivity contribution in [2.45, 2.75) is 32.7 Å². The topological polar surface area (TPSA) is 59.0 Å². The number of nitrogens with one attached hydrogen (secondary N) is 2. The fourth-order valence-electron chi connectivity index (χ4n) is 2.37. The van der Waals surface area contributed by atoms with E-state index in [9.17, 15) is 4.79 Å². The van der Waals surface area contributed by atoms with Crippen molar-refractivity contribution in [1.29, 1.82) is 0 Å². The molecule has 0 aliphatic carbocycles. The van der Waals surface area contributed by atoms with Gasteiger partial charge in [-0.05, 0) is 33.2 Å². The van der Waals surface area contributed by atoms with Gasteiger partial charge in [-0.2, -0.15) is 5.10 Å². The zero-order valence-corrected chi connectivity index (χ0v) is 11.4. The molecule has 2 atom stereocenters. The Hall–Kier alpha value is -1.36. The minimum atomic E-state index is -0.283. The van der Waals surface area contributed by atoms with Crippen LogP contribution in [0, 0.1) is 5.41 Å². The highest BCUT2D eigenvalue weighted by Crippen LogP contribution is 2.26. The van der Waals surface area contributed by atoms with Crippen molar-refractivity contribution in [3.8, 4) is 0 Å². The van der Waals surface area contributed by atoms with Crippen LogP contribution >= 0.6 is 0 Å². The van der Waals surface area contributed by atoms with Crippen LogP contribution in [0.25, 0.3) is 0 Å². The molecular weight excluding hydrogens is 228 g/mol. The van der Waals surface area contributed by atoms with E-state index in [2.05, 4.69) is 15.7 Å². The zero-order chi connectivity index (χ0) is 13.2. The Morgan fingerprint density at radius 1 is 1.67 bits per heavy atom. The smallest absolute Gasteiger partial charge is 0.227 e. The highest BCUT2D eigenvalue weighted by Gasteiger charge is 2.35. The molecule has 0 radical (unpaired) electrons. The molecule has 0 bridgehead atoms. The van der Waals surface area contributed by atoms with Gasteiger partial charge in [-0.15, -0.1) is 0 Å². The molecule has 1 fully saturated rings. The zero-order valence-electron chi connectivity index (χ0n) is 11.4. The number of amides is 1. The van der Waals surface area contributed by atoms with Crippen LogP contribution in [0.3, 0.4) is 0 Å². The lowest BCUT2D eigenvalue weighted by molar-refractivity contribution is -0.131. The van der Waals surface area contributed by atoms with Gasteiger partial charge in [-0.1, -0.05) is 0 Å². The molecule has 0 spiro atoms. The highest BCUT2D eigenvalue weighted by molar-refractivity contribution is 5.83. The number of rotatable bonds is 3. The summed E-state index contributed by atoms with van der Waals surface area (Å²) in [7, 11) is 1.88. The van der Waals surface area contributed by atoms with Gasteiger partial charge < -0.3 is 10.6 Å². The van der Waals surface area contributed by atoms with Gasteiger partial charge in [0.1, 0.15) is 0 Å². The predicted molar refractivity (Wildman–Crippen MR) is 70.0 cm³/mol. The first-order valence-electron chi connectivity index (χ1n) is 6.51. The standard InChI is InChI=1S/C13H22N4O/c1-10(11-7-15-17(3)8-11)16-12(18)13(2)5-4-6-14-9-13/h7-8,10,14H,4-6,9H2,1-3H3,(H,16,18). The summed E-state index contributed by atoms with van der Waals surface area (Å²) < 4.78 is 1.75. The summed E-state index contributed by atoms with van der Waals surface area (Å²) in [5, 5.41) is 10.5. The first-order chi connectivity index (χ1) is 8.51. The van der Waals surface area contributed by atoms with Gasteiger partial charge in [0.05, 0.1) is 17.7 Å². The molecule has 0 aromatic carbocycles. The van der Waals surface area contributed by atoms with Crippen LogP contribution in [0.1, 0.15) is 38.3 Å². The Bertz CT molecular complexity index is 420. The molecule has 1 aromatic heterocycles. The predicted octanol–water partition coefficient (Wildman–Crippen LogP) is 0.987. The second kappa shape index (κ2) is 5.10. The summed E-state index contributed by atoms with van der Waals surface area (Å²) in [6.45, 7) is 5.80. The second-order valence-corrected chi connectivity index (χ2v) is 5.48. The van der Waals surface area contributed by atoms with Crippen LogP contribution in [-0.4, -0.2) is 28.8 Å². The summed E-state index contributed by atoms with van der Waals surface area (Å²) in [4.78, 5) is 12.3. The van der Waals surface area contributed by atoms with Gasteiger partial charge in [0.15, 0.2) is 0 Å².